The summed E-state index contributed by atoms with van der Waals surface area (Å²) in [7, 11) is 0. The fourth-order valence-electron chi connectivity index (χ4n) is 0.930. The van der Waals surface area contributed by atoms with Gasteiger partial charge in [0.1, 0.15) is 6.47 Å². The normalized spacial score (nSPS) is 24.4. The second-order valence-electron chi connectivity index (χ2n) is 2.41. The molecule has 1 rings (SSSR count). The summed E-state index contributed by atoms with van der Waals surface area (Å²) in [4.78, 5) is 0. The van der Waals surface area contributed by atoms with Crippen molar-refractivity contribution >= 4 is 123 Å². The number of allylic oxidation sites excluding steroid dienone is 3. The summed E-state index contributed by atoms with van der Waals surface area (Å²) in [5, 5.41) is 0.623. The molecule has 0 atom stereocenters. The maximum absolute atomic E-state index is 6.18. The highest BCUT2D eigenvalue weighted by molar-refractivity contribution is 9.29. The summed E-state index contributed by atoms with van der Waals surface area (Å²) in [6.07, 6.45) is 0. The Kier molecular flexibility index (Phi) is 5.44. The standard InChI is InChI=1S/C6Br7Cl/c7-2-3(14)6(12,13)1(4(8)9)5(2,10)11. The van der Waals surface area contributed by atoms with Crippen LogP contribution in [-0.2, 0) is 0 Å². The lowest BCUT2D eigenvalue weighted by Gasteiger charge is -2.23. The van der Waals surface area contributed by atoms with Crippen LogP contribution in [0.2, 0.25) is 0 Å². The van der Waals surface area contributed by atoms with Crippen LogP contribution in [0.25, 0.3) is 0 Å². The van der Waals surface area contributed by atoms with Crippen molar-refractivity contribution < 1.29 is 0 Å². The molecule has 0 aromatic carbocycles. The Labute approximate surface area is 146 Å². The van der Waals surface area contributed by atoms with Gasteiger partial charge in [-0.25, -0.2) is 0 Å². The zero-order valence-corrected chi connectivity index (χ0v) is 17.9. The summed E-state index contributed by atoms with van der Waals surface area (Å²) in [5.74, 6) is 0. The van der Waals surface area contributed by atoms with E-state index in [9.17, 15) is 0 Å². The minimum Gasteiger partial charge on any atom is -0.0853 e. The molecule has 0 nitrogen and oxygen atoms in total. The van der Waals surface area contributed by atoms with Gasteiger partial charge in [0, 0.05) is 10.1 Å². The first-order valence-corrected chi connectivity index (χ1v) is 8.94. The van der Waals surface area contributed by atoms with Gasteiger partial charge in [0.2, 0.25) is 0 Å². The molecule has 0 spiro atoms. The van der Waals surface area contributed by atoms with Crippen LogP contribution in [0, 0.1) is 0 Å². The van der Waals surface area contributed by atoms with Crippen LogP contribution < -0.4 is 0 Å². The Balaban J connectivity index is 3.49. The predicted molar refractivity (Wildman–Crippen MR) is 87.9 cm³/mol. The summed E-state index contributed by atoms with van der Waals surface area (Å²) < 4.78 is 0.509. The molecule has 0 amide bonds. The van der Waals surface area contributed by atoms with Gasteiger partial charge in [0.15, 0.2) is 0 Å². The third-order valence-corrected chi connectivity index (χ3v) is 8.74. The van der Waals surface area contributed by atoms with Crippen molar-refractivity contribution in [3.63, 3.8) is 0 Å². The monoisotopic (exact) mass is 659 g/mol. The Morgan fingerprint density at radius 2 is 1.43 bits per heavy atom. The van der Waals surface area contributed by atoms with Gasteiger partial charge in [-0.1, -0.05) is 91.3 Å². The fourth-order valence-corrected chi connectivity index (χ4v) is 9.58. The van der Waals surface area contributed by atoms with E-state index in [1.807, 2.05) is 0 Å². The van der Waals surface area contributed by atoms with E-state index >= 15 is 0 Å². The molecule has 0 aromatic rings. The third kappa shape index (κ3) is 2.45. The van der Waals surface area contributed by atoms with Crippen molar-refractivity contribution in [2.45, 2.75) is 6.47 Å². The first-order valence-electron chi connectivity index (χ1n) is 3.01. The molecule has 0 heterocycles. The summed E-state index contributed by atoms with van der Waals surface area (Å²) in [6, 6.07) is 0. The van der Waals surface area contributed by atoms with Gasteiger partial charge >= 0.3 is 0 Å². The van der Waals surface area contributed by atoms with Crippen molar-refractivity contribution in [1.82, 2.24) is 0 Å². The van der Waals surface area contributed by atoms with E-state index in [0.29, 0.717) is 5.03 Å². The summed E-state index contributed by atoms with van der Waals surface area (Å²) >= 11 is 30.5. The molecule has 14 heavy (non-hydrogen) atoms. The highest BCUT2D eigenvalue weighted by Crippen LogP contribution is 2.65. The van der Waals surface area contributed by atoms with Crippen molar-refractivity contribution in [2.75, 3.05) is 0 Å². The van der Waals surface area contributed by atoms with Crippen LogP contribution >= 0.6 is 123 Å². The number of rotatable bonds is 0. The number of hydrogen-bond acceptors (Lipinski definition) is 0. The SMILES string of the molecule is ClC1=C(Br)C(Br)(Br)C(=C(Br)Br)C1(Br)Br. The molecule has 0 N–H and O–H groups in total. The van der Waals surface area contributed by atoms with Gasteiger partial charge in [-0.2, -0.15) is 0 Å². The van der Waals surface area contributed by atoms with Gasteiger partial charge in [-0.3, -0.25) is 0 Å². The highest BCUT2D eigenvalue weighted by Gasteiger charge is 2.54. The van der Waals surface area contributed by atoms with Crippen LogP contribution in [0.5, 0.6) is 0 Å². The van der Waals surface area contributed by atoms with E-state index in [1.54, 1.807) is 0 Å². The average molecular weight is 667 g/mol. The first-order chi connectivity index (χ1) is 6.13. The molecule has 80 valence electrons. The second-order valence-corrected chi connectivity index (χ2v) is 13.1. The van der Waals surface area contributed by atoms with Gasteiger partial charge in [0.25, 0.3) is 0 Å². The Bertz CT molecular complexity index is 310. The maximum Gasteiger partial charge on any atom is 0.142 e. The Morgan fingerprint density at radius 1 is 1.00 bits per heavy atom. The molecule has 8 heteroatoms. The molecule has 0 aromatic heterocycles. The molecular formula is C6Br7Cl. The van der Waals surface area contributed by atoms with E-state index in [4.69, 9.17) is 11.6 Å². The molecule has 0 fully saturated rings. The lowest BCUT2D eigenvalue weighted by Crippen LogP contribution is -2.20. The average Bonchev–Trinajstić information content (AvgIpc) is 2.08. The van der Waals surface area contributed by atoms with E-state index in [-0.39, 0.29) is 0 Å². The van der Waals surface area contributed by atoms with Crippen LogP contribution in [-0.4, -0.2) is 6.47 Å². The van der Waals surface area contributed by atoms with Crippen molar-refractivity contribution in [3.8, 4) is 0 Å². The third-order valence-electron chi connectivity index (χ3n) is 1.56. The van der Waals surface area contributed by atoms with E-state index in [2.05, 4.69) is 112 Å². The zero-order valence-electron chi connectivity index (χ0n) is 6.02. The van der Waals surface area contributed by atoms with Crippen molar-refractivity contribution in [3.05, 3.63) is 18.5 Å². The van der Waals surface area contributed by atoms with Crippen LogP contribution in [0.1, 0.15) is 0 Å². The van der Waals surface area contributed by atoms with Gasteiger partial charge in [0.05, 0.1) is 8.42 Å². The summed E-state index contributed by atoms with van der Waals surface area (Å²) in [6.45, 7) is 0. The molecule has 0 bridgehead atoms. The largest absolute Gasteiger partial charge is 0.142 e. The quantitative estimate of drug-likeness (QED) is 0.249. The minimum atomic E-state index is -0.588. The van der Waals surface area contributed by atoms with Crippen LogP contribution in [0.4, 0.5) is 0 Å². The number of hydrogen-bond donors (Lipinski definition) is 0. The van der Waals surface area contributed by atoms with Gasteiger partial charge < -0.3 is 0 Å². The molecule has 1 aliphatic carbocycles. The lowest BCUT2D eigenvalue weighted by atomic mass is 10.2. The van der Waals surface area contributed by atoms with E-state index < -0.39 is 6.47 Å². The maximum atomic E-state index is 6.18. The first kappa shape index (κ1) is 15.2. The second kappa shape index (κ2) is 5.02. The fraction of sp³-hybridized carbons (Fsp3) is 0.333. The van der Waals surface area contributed by atoms with Crippen LogP contribution in [0.3, 0.4) is 0 Å². The molecule has 0 aliphatic heterocycles. The minimum absolute atomic E-state index is 0.521. The predicted octanol–water partition coefficient (Wildman–Crippen LogP) is 6.82. The number of alkyl halides is 4. The van der Waals surface area contributed by atoms with E-state index in [1.165, 1.54) is 0 Å². The van der Waals surface area contributed by atoms with Gasteiger partial charge in [-0.05, 0) is 31.9 Å². The topological polar surface area (TPSA) is 0 Å². The molecule has 0 saturated heterocycles. The lowest BCUT2D eigenvalue weighted by molar-refractivity contribution is 1.17. The smallest absolute Gasteiger partial charge is 0.0853 e. The van der Waals surface area contributed by atoms with Gasteiger partial charge in [-0.15, -0.1) is 0 Å². The van der Waals surface area contributed by atoms with Crippen molar-refractivity contribution in [1.29, 1.82) is 0 Å². The molecular weight excluding hydrogens is 667 g/mol. The number of halogens is 8. The van der Waals surface area contributed by atoms with E-state index in [0.717, 1.165) is 13.4 Å². The molecule has 1 aliphatic rings. The molecule has 0 unspecified atom stereocenters. The zero-order chi connectivity index (χ0) is 11.3. The summed E-state index contributed by atoms with van der Waals surface area (Å²) in [5.41, 5.74) is 0.932. The molecule has 0 saturated carbocycles. The Morgan fingerprint density at radius 3 is 1.57 bits per heavy atom. The Hall–Kier alpha value is 3.13. The van der Waals surface area contributed by atoms with Crippen molar-refractivity contribution in [2.24, 2.45) is 0 Å². The molecule has 0 radical (unpaired) electrons. The highest BCUT2D eigenvalue weighted by atomic mass is 79.9. The van der Waals surface area contributed by atoms with Crippen LogP contribution in [0.15, 0.2) is 18.5 Å².